The molecule has 6 aromatic carbocycles. The van der Waals surface area contributed by atoms with Gasteiger partial charge in [-0.1, -0.05) is 158 Å². The zero-order chi connectivity index (χ0) is 43.6. The van der Waals surface area contributed by atoms with E-state index < -0.39 is 0 Å². The summed E-state index contributed by atoms with van der Waals surface area (Å²) in [7, 11) is 0. The van der Waals surface area contributed by atoms with Crippen LogP contribution in [0.1, 0.15) is 91.1 Å². The van der Waals surface area contributed by atoms with Gasteiger partial charge in [0.15, 0.2) is 0 Å². The Morgan fingerprint density at radius 2 is 1.31 bits per heavy atom. The molecule has 2 unspecified atom stereocenters. The van der Waals surface area contributed by atoms with E-state index in [9.17, 15) is 0 Å². The minimum absolute atomic E-state index is 0.0117. The minimum Gasteiger partial charge on any atom is -0.360 e. The summed E-state index contributed by atoms with van der Waals surface area (Å²) >= 11 is 0. The third-order valence-electron chi connectivity index (χ3n) is 14.1. The summed E-state index contributed by atoms with van der Waals surface area (Å²) in [4.78, 5) is 5.11. The highest BCUT2D eigenvalue weighted by Gasteiger charge is 2.40. The van der Waals surface area contributed by atoms with E-state index in [0.29, 0.717) is 0 Å². The SMILES string of the molecule is CC1=CC=C(N2C3=C(C=CC=CC3C)NC2c2ccc(N(c3ccc(-c4ccccc4)cc3)c3cc(C)c4c(c3)C(c3ccccc3)(c3ccccc3)CCC/C=C\C4)cc2C)CC1. The van der Waals surface area contributed by atoms with Crippen molar-refractivity contribution in [1.29, 1.82) is 0 Å². The molecule has 2 atom stereocenters. The lowest BCUT2D eigenvalue weighted by atomic mass is 9.64. The number of aryl methyl sites for hydroxylation is 2. The molecule has 0 amide bonds. The molecule has 6 aromatic rings. The standard InChI is InChI=1S/C61H59N3/c1-43-29-33-52(34-30-43)64-59-44(2)20-17-18-28-58(59)62-60(64)56-38-37-53(40-46(56)4)63(51-35-31-48(32-36-51)47-21-10-7-11-22-47)54-41-45(3)55-27-16-5-6-19-39-61(57(55)42-54,49-23-12-8-13-24-49)50-25-14-9-15-26-50/h5,7-18,20-26,28-29,31-33,35-38,40-42,44,60,62H,6,19,27,30,34,39H2,1-4H3/b16-5-. The van der Waals surface area contributed by atoms with E-state index >= 15 is 0 Å². The van der Waals surface area contributed by atoms with Crippen molar-refractivity contribution in [2.45, 2.75) is 77.8 Å². The van der Waals surface area contributed by atoms with Crippen LogP contribution in [0.3, 0.4) is 0 Å². The van der Waals surface area contributed by atoms with E-state index in [1.165, 1.54) is 78.4 Å². The van der Waals surface area contributed by atoms with Gasteiger partial charge in [0.2, 0.25) is 0 Å². The highest BCUT2D eigenvalue weighted by Crippen LogP contribution is 2.50. The van der Waals surface area contributed by atoms with Crippen molar-refractivity contribution in [3.05, 3.63) is 256 Å². The first-order valence-corrected chi connectivity index (χ1v) is 23.4. The van der Waals surface area contributed by atoms with Gasteiger partial charge in [0.25, 0.3) is 0 Å². The van der Waals surface area contributed by atoms with Gasteiger partial charge in [0.05, 0.1) is 5.70 Å². The van der Waals surface area contributed by atoms with Crippen LogP contribution in [0, 0.1) is 19.8 Å². The Hall–Kier alpha value is -6.84. The number of nitrogens with zero attached hydrogens (tertiary/aromatic N) is 2. The molecule has 0 radical (unpaired) electrons. The third-order valence-corrected chi connectivity index (χ3v) is 14.1. The van der Waals surface area contributed by atoms with Crippen molar-refractivity contribution in [3.8, 4) is 11.1 Å². The van der Waals surface area contributed by atoms with Gasteiger partial charge in [-0.2, -0.15) is 0 Å². The number of nitrogens with one attached hydrogen (secondary N) is 1. The zero-order valence-corrected chi connectivity index (χ0v) is 37.8. The average Bonchev–Trinajstić information content (AvgIpc) is 3.66. The van der Waals surface area contributed by atoms with Gasteiger partial charge in [0.1, 0.15) is 6.17 Å². The molecular formula is C61H59N3. The summed E-state index contributed by atoms with van der Waals surface area (Å²) in [6.45, 7) is 9.20. The van der Waals surface area contributed by atoms with Crippen LogP contribution in [0.4, 0.5) is 17.1 Å². The Bertz CT molecular complexity index is 2800. The molecule has 64 heavy (non-hydrogen) atoms. The summed E-state index contributed by atoms with van der Waals surface area (Å²) in [5.41, 5.74) is 20.3. The van der Waals surface area contributed by atoms with Crippen molar-refractivity contribution in [1.82, 2.24) is 10.2 Å². The number of fused-ring (bicyclic) bond motifs is 1. The molecule has 3 aliphatic carbocycles. The van der Waals surface area contributed by atoms with Gasteiger partial charge in [-0.25, -0.2) is 0 Å². The van der Waals surface area contributed by atoms with Crippen molar-refractivity contribution in [3.63, 3.8) is 0 Å². The second-order valence-corrected chi connectivity index (χ2v) is 18.2. The highest BCUT2D eigenvalue weighted by molar-refractivity contribution is 5.80. The fourth-order valence-corrected chi connectivity index (χ4v) is 10.8. The van der Waals surface area contributed by atoms with Crippen LogP contribution in [-0.2, 0) is 11.8 Å². The molecule has 0 spiro atoms. The van der Waals surface area contributed by atoms with Crippen LogP contribution in [-0.4, -0.2) is 4.90 Å². The van der Waals surface area contributed by atoms with E-state index in [1.807, 2.05) is 0 Å². The van der Waals surface area contributed by atoms with Crippen molar-refractivity contribution in [2.75, 3.05) is 4.90 Å². The number of allylic oxidation sites excluding steroid dienone is 10. The van der Waals surface area contributed by atoms with Crippen LogP contribution in [0.2, 0.25) is 0 Å². The fraction of sp³-hybridized carbons (Fsp3) is 0.213. The number of anilines is 3. The van der Waals surface area contributed by atoms with Crippen molar-refractivity contribution in [2.24, 2.45) is 5.92 Å². The quantitative estimate of drug-likeness (QED) is 0.154. The van der Waals surface area contributed by atoms with Gasteiger partial charge in [-0.3, -0.25) is 0 Å². The van der Waals surface area contributed by atoms with Gasteiger partial charge < -0.3 is 15.1 Å². The third kappa shape index (κ3) is 7.68. The van der Waals surface area contributed by atoms with Crippen molar-refractivity contribution >= 4 is 17.1 Å². The molecule has 0 saturated heterocycles. The average molecular weight is 834 g/mol. The van der Waals surface area contributed by atoms with Crippen molar-refractivity contribution < 1.29 is 0 Å². The first-order chi connectivity index (χ1) is 31.4. The Kier molecular flexibility index (Phi) is 11.4. The first kappa shape index (κ1) is 41.2. The van der Waals surface area contributed by atoms with Crippen LogP contribution in [0.15, 0.2) is 217 Å². The number of hydrogen-bond acceptors (Lipinski definition) is 3. The normalized spacial score (nSPS) is 19.5. The lowest BCUT2D eigenvalue weighted by Crippen LogP contribution is -2.31. The van der Waals surface area contributed by atoms with E-state index in [4.69, 9.17) is 0 Å². The van der Waals surface area contributed by atoms with Crippen LogP contribution < -0.4 is 10.2 Å². The molecule has 0 bridgehead atoms. The monoisotopic (exact) mass is 833 g/mol. The summed E-state index contributed by atoms with van der Waals surface area (Å²) in [5, 5.41) is 4.01. The number of benzene rings is 6. The lowest BCUT2D eigenvalue weighted by molar-refractivity contribution is 0.297. The maximum Gasteiger partial charge on any atom is 0.130 e. The summed E-state index contributed by atoms with van der Waals surface area (Å²) < 4.78 is 0. The molecule has 3 heteroatoms. The molecule has 1 heterocycles. The lowest BCUT2D eigenvalue weighted by Gasteiger charge is -2.39. The highest BCUT2D eigenvalue weighted by atomic mass is 15.3. The summed E-state index contributed by atoms with van der Waals surface area (Å²) in [6.07, 6.45) is 24.6. The molecule has 10 rings (SSSR count). The van der Waals surface area contributed by atoms with Crippen LogP contribution in [0.5, 0.6) is 0 Å². The van der Waals surface area contributed by atoms with Gasteiger partial charge in [0, 0.05) is 39.8 Å². The second-order valence-electron chi connectivity index (χ2n) is 18.2. The van der Waals surface area contributed by atoms with E-state index in [-0.39, 0.29) is 17.5 Å². The molecule has 318 valence electrons. The predicted molar refractivity (Wildman–Crippen MR) is 269 cm³/mol. The van der Waals surface area contributed by atoms with E-state index in [0.717, 1.165) is 49.9 Å². The molecule has 0 fully saturated rings. The van der Waals surface area contributed by atoms with Gasteiger partial charge in [-0.05, 0) is 158 Å². The van der Waals surface area contributed by atoms with E-state index in [2.05, 4.69) is 237 Å². The smallest absolute Gasteiger partial charge is 0.130 e. The molecule has 1 aliphatic heterocycles. The largest absolute Gasteiger partial charge is 0.360 e. The topological polar surface area (TPSA) is 18.5 Å². The fourth-order valence-electron chi connectivity index (χ4n) is 10.8. The number of hydrogen-bond donors (Lipinski definition) is 1. The predicted octanol–water partition coefficient (Wildman–Crippen LogP) is 15.6. The Morgan fingerprint density at radius 1 is 0.641 bits per heavy atom. The summed E-state index contributed by atoms with van der Waals surface area (Å²) in [5.74, 6) is 0.281. The molecule has 0 aromatic heterocycles. The molecule has 1 N–H and O–H groups in total. The molecular weight excluding hydrogens is 775 g/mol. The minimum atomic E-state index is -0.335. The Morgan fingerprint density at radius 3 is 2.00 bits per heavy atom. The van der Waals surface area contributed by atoms with Gasteiger partial charge >= 0.3 is 0 Å². The second kappa shape index (κ2) is 17.7. The number of rotatable bonds is 8. The Balaban J connectivity index is 1.15. The van der Waals surface area contributed by atoms with E-state index in [1.54, 1.807) is 0 Å². The molecule has 4 aliphatic rings. The first-order valence-electron chi connectivity index (χ1n) is 23.4. The summed E-state index contributed by atoms with van der Waals surface area (Å²) in [6, 6.07) is 54.6. The molecule has 3 nitrogen and oxygen atoms in total. The zero-order valence-electron chi connectivity index (χ0n) is 37.8. The maximum atomic E-state index is 4.01. The van der Waals surface area contributed by atoms with Crippen LogP contribution in [0.25, 0.3) is 11.1 Å². The van der Waals surface area contributed by atoms with Crippen LogP contribution >= 0.6 is 0 Å². The van der Waals surface area contributed by atoms with Gasteiger partial charge in [-0.15, -0.1) is 0 Å². The Labute approximate surface area is 381 Å². The molecule has 0 saturated carbocycles. The maximum absolute atomic E-state index is 4.01.